The monoisotopic (exact) mass is 321 g/mol. The van der Waals surface area contributed by atoms with Gasteiger partial charge in [0.15, 0.2) is 0 Å². The molecule has 0 aliphatic heterocycles. The topological polar surface area (TPSA) is 86.5 Å². The molecular formula is C12H16ClNO5S. The highest BCUT2D eigenvalue weighted by Crippen LogP contribution is 2.32. The Morgan fingerprint density at radius 3 is 2.40 bits per heavy atom. The van der Waals surface area contributed by atoms with Gasteiger partial charge in [-0.05, 0) is 25.3 Å². The number of ether oxygens (including phenoxy) is 1. The van der Waals surface area contributed by atoms with E-state index in [1.807, 2.05) is 13.8 Å². The van der Waals surface area contributed by atoms with E-state index in [1.165, 1.54) is 12.1 Å². The molecule has 0 aliphatic carbocycles. The van der Waals surface area contributed by atoms with E-state index >= 15 is 0 Å². The summed E-state index contributed by atoms with van der Waals surface area (Å²) in [4.78, 5) is 9.61. The van der Waals surface area contributed by atoms with Crippen molar-refractivity contribution < 1.29 is 18.1 Å². The van der Waals surface area contributed by atoms with Crippen LogP contribution < -0.4 is 4.74 Å². The molecule has 20 heavy (non-hydrogen) atoms. The van der Waals surface area contributed by atoms with Gasteiger partial charge >= 0.3 is 0 Å². The quantitative estimate of drug-likeness (QED) is 0.455. The van der Waals surface area contributed by atoms with E-state index in [9.17, 15) is 18.5 Å². The predicted octanol–water partition coefficient (Wildman–Crippen LogP) is 3.34. The molecule has 0 saturated heterocycles. The third-order valence-corrected chi connectivity index (χ3v) is 3.88. The number of hydrogen-bond acceptors (Lipinski definition) is 5. The highest BCUT2D eigenvalue weighted by molar-refractivity contribution is 8.13. The number of halogens is 1. The number of nitro groups is 1. The first-order valence-corrected chi connectivity index (χ1v) is 8.32. The summed E-state index contributed by atoms with van der Waals surface area (Å²) in [5, 5.41) is 10.7. The number of rotatable bonds is 6. The standard InChI is InChI=1S/C12H16ClNO5S/c1-8(2)6-9(3)19-11-5-4-10(14(15)16)7-12(11)20(13,17)18/h4-5,7-9H,6H2,1-3H3. The maximum Gasteiger partial charge on any atom is 0.271 e. The van der Waals surface area contributed by atoms with Gasteiger partial charge in [0.25, 0.3) is 14.7 Å². The van der Waals surface area contributed by atoms with Crippen LogP contribution >= 0.6 is 10.7 Å². The fourth-order valence-corrected chi connectivity index (χ4v) is 2.81. The van der Waals surface area contributed by atoms with Crippen molar-refractivity contribution in [1.29, 1.82) is 0 Å². The third kappa shape index (κ3) is 4.64. The lowest BCUT2D eigenvalue weighted by molar-refractivity contribution is -0.385. The molecule has 1 atom stereocenters. The minimum absolute atomic E-state index is 0.0266. The van der Waals surface area contributed by atoms with Crippen molar-refractivity contribution in [2.75, 3.05) is 0 Å². The number of benzene rings is 1. The molecule has 0 radical (unpaired) electrons. The molecule has 0 aliphatic rings. The summed E-state index contributed by atoms with van der Waals surface area (Å²) < 4.78 is 28.5. The predicted molar refractivity (Wildman–Crippen MR) is 75.7 cm³/mol. The molecule has 0 saturated carbocycles. The zero-order valence-electron chi connectivity index (χ0n) is 11.4. The molecule has 0 spiro atoms. The van der Waals surface area contributed by atoms with Crippen molar-refractivity contribution >= 4 is 25.4 Å². The summed E-state index contributed by atoms with van der Waals surface area (Å²) >= 11 is 0. The van der Waals surface area contributed by atoms with Crippen molar-refractivity contribution in [2.45, 2.75) is 38.2 Å². The van der Waals surface area contributed by atoms with Crippen molar-refractivity contribution in [3.63, 3.8) is 0 Å². The van der Waals surface area contributed by atoms with E-state index in [2.05, 4.69) is 0 Å². The maximum absolute atomic E-state index is 11.5. The fourth-order valence-electron chi connectivity index (χ4n) is 1.83. The zero-order chi connectivity index (χ0) is 15.5. The Balaban J connectivity index is 3.16. The van der Waals surface area contributed by atoms with Crippen LogP contribution in [0.1, 0.15) is 27.2 Å². The van der Waals surface area contributed by atoms with Gasteiger partial charge in [0, 0.05) is 22.8 Å². The zero-order valence-corrected chi connectivity index (χ0v) is 12.9. The van der Waals surface area contributed by atoms with E-state index in [1.54, 1.807) is 6.92 Å². The van der Waals surface area contributed by atoms with Crippen molar-refractivity contribution in [3.8, 4) is 5.75 Å². The van der Waals surface area contributed by atoms with Crippen LogP contribution in [0, 0.1) is 16.0 Å². The van der Waals surface area contributed by atoms with Gasteiger partial charge in [-0.25, -0.2) is 8.42 Å². The molecule has 8 heteroatoms. The highest BCUT2D eigenvalue weighted by Gasteiger charge is 2.22. The summed E-state index contributed by atoms with van der Waals surface area (Å²) in [6.45, 7) is 5.82. The largest absolute Gasteiger partial charge is 0.489 e. The molecule has 1 aromatic carbocycles. The Morgan fingerprint density at radius 2 is 1.95 bits per heavy atom. The minimum Gasteiger partial charge on any atom is -0.489 e. The van der Waals surface area contributed by atoms with Crippen LogP contribution in [0.3, 0.4) is 0 Å². The summed E-state index contributed by atoms with van der Waals surface area (Å²) in [6, 6.07) is 3.34. The highest BCUT2D eigenvalue weighted by atomic mass is 35.7. The van der Waals surface area contributed by atoms with E-state index in [0.717, 1.165) is 12.5 Å². The molecule has 1 unspecified atom stereocenters. The van der Waals surface area contributed by atoms with Crippen LogP contribution in [-0.4, -0.2) is 19.4 Å². The lowest BCUT2D eigenvalue weighted by atomic mass is 10.1. The molecule has 0 amide bonds. The molecular weight excluding hydrogens is 306 g/mol. The molecule has 1 aromatic rings. The van der Waals surface area contributed by atoms with Crippen LogP contribution in [0.2, 0.25) is 0 Å². The lowest BCUT2D eigenvalue weighted by Gasteiger charge is -2.18. The van der Waals surface area contributed by atoms with E-state index in [0.29, 0.717) is 5.92 Å². The number of nitro benzene ring substituents is 1. The Hall–Kier alpha value is -1.34. The number of nitrogens with zero attached hydrogens (tertiary/aromatic N) is 1. The smallest absolute Gasteiger partial charge is 0.271 e. The molecule has 0 fully saturated rings. The molecule has 1 rings (SSSR count). The van der Waals surface area contributed by atoms with Crippen LogP contribution in [0.15, 0.2) is 23.1 Å². The van der Waals surface area contributed by atoms with Gasteiger partial charge < -0.3 is 4.74 Å². The Morgan fingerprint density at radius 1 is 1.35 bits per heavy atom. The maximum atomic E-state index is 11.5. The normalized spacial score (nSPS) is 13.2. The lowest BCUT2D eigenvalue weighted by Crippen LogP contribution is -2.15. The first-order valence-electron chi connectivity index (χ1n) is 6.01. The van der Waals surface area contributed by atoms with Gasteiger partial charge in [-0.3, -0.25) is 10.1 Å². The van der Waals surface area contributed by atoms with Crippen molar-refractivity contribution in [3.05, 3.63) is 28.3 Å². The van der Waals surface area contributed by atoms with Gasteiger partial charge in [0.2, 0.25) is 0 Å². The third-order valence-electron chi connectivity index (χ3n) is 2.53. The van der Waals surface area contributed by atoms with Crippen LogP contribution in [0.25, 0.3) is 0 Å². The van der Waals surface area contributed by atoms with E-state index in [-0.39, 0.29) is 22.4 Å². The molecule has 0 heterocycles. The number of non-ortho nitro benzene ring substituents is 1. The average Bonchev–Trinajstić information content (AvgIpc) is 2.26. The second-order valence-corrected chi connectivity index (χ2v) is 7.42. The molecule has 112 valence electrons. The Kier molecular flexibility index (Phi) is 5.35. The van der Waals surface area contributed by atoms with Gasteiger partial charge in [0.1, 0.15) is 10.6 Å². The number of hydrogen-bond donors (Lipinski definition) is 0. The van der Waals surface area contributed by atoms with Crippen molar-refractivity contribution in [1.82, 2.24) is 0 Å². The second kappa shape index (κ2) is 6.41. The molecule has 6 nitrogen and oxygen atoms in total. The first-order chi connectivity index (χ1) is 9.11. The molecule has 0 N–H and O–H groups in total. The fraction of sp³-hybridized carbons (Fsp3) is 0.500. The molecule has 0 aromatic heterocycles. The van der Waals surface area contributed by atoms with Gasteiger partial charge in [-0.1, -0.05) is 13.8 Å². The molecule has 0 bridgehead atoms. The van der Waals surface area contributed by atoms with Crippen LogP contribution in [-0.2, 0) is 9.05 Å². The SMILES string of the molecule is CC(C)CC(C)Oc1ccc([N+](=O)[O-])cc1S(=O)(=O)Cl. The Labute approximate surface area is 122 Å². The van der Waals surface area contributed by atoms with Crippen molar-refractivity contribution in [2.24, 2.45) is 5.92 Å². The van der Waals surface area contributed by atoms with Crippen LogP contribution in [0.4, 0.5) is 5.69 Å². The average molecular weight is 322 g/mol. The summed E-state index contributed by atoms with van der Waals surface area (Å²) in [5.41, 5.74) is -0.354. The second-order valence-electron chi connectivity index (χ2n) is 4.88. The Bertz CT molecular complexity index is 600. The summed E-state index contributed by atoms with van der Waals surface area (Å²) in [7, 11) is 1.18. The first kappa shape index (κ1) is 16.7. The van der Waals surface area contributed by atoms with E-state index < -0.39 is 14.0 Å². The minimum atomic E-state index is -4.12. The van der Waals surface area contributed by atoms with E-state index in [4.69, 9.17) is 15.4 Å². The van der Waals surface area contributed by atoms with Crippen LogP contribution in [0.5, 0.6) is 5.75 Å². The van der Waals surface area contributed by atoms with Gasteiger partial charge in [-0.2, -0.15) is 0 Å². The summed E-state index contributed by atoms with van der Waals surface area (Å²) in [5.74, 6) is 0.401. The van der Waals surface area contributed by atoms with Gasteiger partial charge in [-0.15, -0.1) is 0 Å². The summed E-state index contributed by atoms with van der Waals surface area (Å²) in [6.07, 6.45) is 0.493. The van der Waals surface area contributed by atoms with Gasteiger partial charge in [0.05, 0.1) is 11.0 Å².